The number of likely N-dealkylation sites (N-methyl/N-ethyl adjacent to an activating group) is 1. The zero-order valence-electron chi connectivity index (χ0n) is 13.7. The lowest BCUT2D eigenvalue weighted by Gasteiger charge is -2.16. The number of amides is 1. The van der Waals surface area contributed by atoms with Crippen molar-refractivity contribution >= 4 is 34.6 Å². The molecule has 0 aliphatic carbocycles. The van der Waals surface area contributed by atoms with E-state index in [2.05, 4.69) is 4.98 Å². The smallest absolute Gasteiger partial charge is 0.358 e. The van der Waals surface area contributed by atoms with E-state index in [9.17, 15) is 9.59 Å². The summed E-state index contributed by atoms with van der Waals surface area (Å²) in [6.07, 6.45) is 1.55. The van der Waals surface area contributed by atoms with Crippen LogP contribution in [0.2, 0.25) is 0 Å². The molecular weight excluding hydrogens is 360 g/mol. The van der Waals surface area contributed by atoms with Crippen LogP contribution in [0.5, 0.6) is 0 Å². The first-order valence-corrected chi connectivity index (χ1v) is 9.24. The Morgan fingerprint density at radius 3 is 2.88 bits per heavy atom. The van der Waals surface area contributed by atoms with Gasteiger partial charge in [-0.1, -0.05) is 0 Å². The Kier molecular flexibility index (Phi) is 5.30. The molecule has 0 saturated carbocycles. The number of esters is 1. The monoisotopic (exact) mass is 376 g/mol. The fraction of sp³-hybridized carbons (Fsp3) is 0.235. The Hall–Kier alpha value is -2.45. The number of furan rings is 1. The molecule has 6 nitrogen and oxygen atoms in total. The minimum atomic E-state index is -0.608. The minimum absolute atomic E-state index is 0.213. The van der Waals surface area contributed by atoms with Crippen LogP contribution in [0.4, 0.5) is 0 Å². The van der Waals surface area contributed by atoms with Gasteiger partial charge in [-0.3, -0.25) is 4.79 Å². The van der Waals surface area contributed by atoms with Gasteiger partial charge in [-0.05, 0) is 41.4 Å². The Balaban J connectivity index is 1.58. The van der Waals surface area contributed by atoms with Crippen molar-refractivity contribution in [2.24, 2.45) is 0 Å². The van der Waals surface area contributed by atoms with Crippen LogP contribution in [0, 0.1) is 6.92 Å². The van der Waals surface area contributed by atoms with Crippen molar-refractivity contribution in [2.75, 3.05) is 13.7 Å². The maximum atomic E-state index is 12.2. The van der Waals surface area contributed by atoms with Gasteiger partial charge in [-0.15, -0.1) is 11.3 Å². The number of hydrogen-bond donors (Lipinski definition) is 0. The molecule has 8 heteroatoms. The summed E-state index contributed by atoms with van der Waals surface area (Å²) >= 11 is 2.92. The maximum Gasteiger partial charge on any atom is 0.358 e. The van der Waals surface area contributed by atoms with Gasteiger partial charge in [0.2, 0.25) is 0 Å². The maximum absolute atomic E-state index is 12.2. The van der Waals surface area contributed by atoms with Crippen molar-refractivity contribution < 1.29 is 18.7 Å². The van der Waals surface area contributed by atoms with E-state index < -0.39 is 5.97 Å². The molecule has 0 bridgehead atoms. The molecule has 0 spiro atoms. The molecule has 3 aromatic heterocycles. The second-order valence-corrected chi connectivity index (χ2v) is 7.34. The van der Waals surface area contributed by atoms with Gasteiger partial charge in [0.15, 0.2) is 23.1 Å². The summed E-state index contributed by atoms with van der Waals surface area (Å²) in [7, 11) is 1.68. The number of hydrogen-bond acceptors (Lipinski definition) is 7. The van der Waals surface area contributed by atoms with Crippen LogP contribution in [-0.4, -0.2) is 35.4 Å². The summed E-state index contributed by atoms with van der Waals surface area (Å²) in [4.78, 5) is 30.8. The van der Waals surface area contributed by atoms with Crippen LogP contribution < -0.4 is 0 Å². The van der Waals surface area contributed by atoms with Crippen molar-refractivity contribution in [3.8, 4) is 10.8 Å². The first kappa shape index (κ1) is 17.4. The van der Waals surface area contributed by atoms with Crippen LogP contribution in [-0.2, 0) is 16.1 Å². The largest absolute Gasteiger partial charge is 0.462 e. The quantitative estimate of drug-likeness (QED) is 0.615. The van der Waals surface area contributed by atoms with Gasteiger partial charge in [0.25, 0.3) is 5.91 Å². The number of aromatic nitrogens is 1. The van der Waals surface area contributed by atoms with Gasteiger partial charge >= 0.3 is 5.97 Å². The number of carbonyl (C=O) groups is 2. The number of rotatable bonds is 6. The van der Waals surface area contributed by atoms with E-state index in [1.165, 1.54) is 16.2 Å². The first-order chi connectivity index (χ1) is 12.0. The zero-order chi connectivity index (χ0) is 17.8. The lowest BCUT2D eigenvalue weighted by atomic mass is 10.3. The van der Waals surface area contributed by atoms with E-state index in [-0.39, 0.29) is 18.2 Å². The summed E-state index contributed by atoms with van der Waals surface area (Å²) < 4.78 is 10.4. The predicted octanol–water partition coefficient (Wildman–Crippen LogP) is 3.59. The molecule has 0 N–H and O–H groups in total. The third kappa shape index (κ3) is 4.15. The van der Waals surface area contributed by atoms with Crippen molar-refractivity contribution in [3.05, 3.63) is 51.4 Å². The van der Waals surface area contributed by atoms with Gasteiger partial charge < -0.3 is 14.1 Å². The summed E-state index contributed by atoms with van der Waals surface area (Å²) in [5, 5.41) is 4.54. The van der Waals surface area contributed by atoms with Crippen molar-refractivity contribution in [1.29, 1.82) is 0 Å². The van der Waals surface area contributed by atoms with Gasteiger partial charge in [-0.2, -0.15) is 11.3 Å². The molecule has 3 heterocycles. The van der Waals surface area contributed by atoms with Gasteiger partial charge in [-0.25, -0.2) is 9.78 Å². The highest BCUT2D eigenvalue weighted by atomic mass is 32.1. The fourth-order valence-electron chi connectivity index (χ4n) is 2.14. The molecule has 0 fully saturated rings. The van der Waals surface area contributed by atoms with Crippen LogP contribution in [0.25, 0.3) is 10.8 Å². The first-order valence-electron chi connectivity index (χ1n) is 7.48. The molecule has 0 unspecified atom stereocenters. The van der Waals surface area contributed by atoms with E-state index in [0.29, 0.717) is 17.3 Å². The van der Waals surface area contributed by atoms with Crippen LogP contribution in [0.15, 0.2) is 39.6 Å². The standard InChI is InChI=1S/C17H16N2O4S2/c1-11-15(18-16(25-11)13-4-3-6-22-13)17(21)23-9-14(20)19(2)8-12-5-7-24-10-12/h3-7,10H,8-9H2,1-2H3. The minimum Gasteiger partial charge on any atom is -0.462 e. The lowest BCUT2D eigenvalue weighted by Crippen LogP contribution is -2.30. The summed E-state index contributed by atoms with van der Waals surface area (Å²) in [6, 6.07) is 5.48. The highest BCUT2D eigenvalue weighted by Crippen LogP contribution is 2.28. The molecule has 0 radical (unpaired) electrons. The Bertz CT molecular complexity index is 853. The SMILES string of the molecule is Cc1sc(-c2ccco2)nc1C(=O)OCC(=O)N(C)Cc1ccsc1. The summed E-state index contributed by atoms with van der Waals surface area (Å²) in [5.41, 5.74) is 1.26. The molecule has 3 aromatic rings. The molecule has 130 valence electrons. The number of aryl methyl sites for hydroxylation is 1. The topological polar surface area (TPSA) is 72.6 Å². The van der Waals surface area contributed by atoms with E-state index in [1.54, 1.807) is 43.7 Å². The molecule has 0 atom stereocenters. The number of thiazole rings is 1. The molecule has 3 rings (SSSR count). The highest BCUT2D eigenvalue weighted by molar-refractivity contribution is 7.15. The summed E-state index contributed by atoms with van der Waals surface area (Å²) in [6.45, 7) is 1.95. The molecular formula is C17H16N2O4S2. The average molecular weight is 376 g/mol. The van der Waals surface area contributed by atoms with Gasteiger partial charge in [0, 0.05) is 18.5 Å². The van der Waals surface area contributed by atoms with Crippen LogP contribution in [0.3, 0.4) is 0 Å². The van der Waals surface area contributed by atoms with E-state index in [0.717, 1.165) is 10.4 Å². The lowest BCUT2D eigenvalue weighted by molar-refractivity contribution is -0.133. The number of nitrogens with zero attached hydrogens (tertiary/aromatic N) is 2. The molecule has 0 aromatic carbocycles. The molecule has 25 heavy (non-hydrogen) atoms. The average Bonchev–Trinajstić information content (AvgIpc) is 3.33. The van der Waals surface area contributed by atoms with Gasteiger partial charge in [0.05, 0.1) is 6.26 Å². The number of thiophene rings is 1. The van der Waals surface area contributed by atoms with E-state index >= 15 is 0 Å². The second kappa shape index (κ2) is 7.62. The van der Waals surface area contributed by atoms with Crippen molar-refractivity contribution in [1.82, 2.24) is 9.88 Å². The fourth-order valence-corrected chi connectivity index (χ4v) is 3.67. The molecule has 1 amide bonds. The zero-order valence-corrected chi connectivity index (χ0v) is 15.4. The van der Waals surface area contributed by atoms with E-state index in [4.69, 9.17) is 9.15 Å². The number of carbonyl (C=O) groups excluding carboxylic acids is 2. The Morgan fingerprint density at radius 2 is 2.20 bits per heavy atom. The highest BCUT2D eigenvalue weighted by Gasteiger charge is 2.20. The van der Waals surface area contributed by atoms with Gasteiger partial charge in [0.1, 0.15) is 0 Å². The second-order valence-electron chi connectivity index (χ2n) is 5.36. The van der Waals surface area contributed by atoms with E-state index in [1.807, 2.05) is 16.8 Å². The third-order valence-corrected chi connectivity index (χ3v) is 5.19. The van der Waals surface area contributed by atoms with Crippen molar-refractivity contribution in [3.63, 3.8) is 0 Å². The third-order valence-electron chi connectivity index (χ3n) is 3.47. The Labute approximate surface area is 152 Å². The number of ether oxygens (including phenoxy) is 1. The van der Waals surface area contributed by atoms with Crippen molar-refractivity contribution in [2.45, 2.75) is 13.5 Å². The normalized spacial score (nSPS) is 10.6. The molecule has 0 aliphatic rings. The Morgan fingerprint density at radius 1 is 1.36 bits per heavy atom. The van der Waals surface area contributed by atoms with Crippen LogP contribution in [0.1, 0.15) is 20.9 Å². The molecule has 0 saturated heterocycles. The summed E-state index contributed by atoms with van der Waals surface area (Å²) in [5.74, 6) is -0.277. The molecule has 0 aliphatic heterocycles. The van der Waals surface area contributed by atoms with Crippen LogP contribution >= 0.6 is 22.7 Å². The predicted molar refractivity (Wildman–Crippen MR) is 95.6 cm³/mol.